The molecule has 3 atom stereocenters. The zero-order chi connectivity index (χ0) is 43.7. The van der Waals surface area contributed by atoms with Crippen molar-refractivity contribution >= 4 is 19.8 Å². The molecule has 0 aliphatic rings. The van der Waals surface area contributed by atoms with E-state index in [4.69, 9.17) is 18.5 Å². The molecule has 1 N–H and O–H groups in total. The van der Waals surface area contributed by atoms with Gasteiger partial charge in [0, 0.05) is 12.8 Å². The first-order valence-corrected chi connectivity index (χ1v) is 24.2. The highest BCUT2D eigenvalue weighted by Crippen LogP contribution is 2.38. The number of rotatable bonds is 40. The summed E-state index contributed by atoms with van der Waals surface area (Å²) in [6.45, 7) is 3.93. The first kappa shape index (κ1) is 56.4. The molecule has 0 saturated heterocycles. The molecule has 0 aliphatic carbocycles. The first-order valence-electron chi connectivity index (χ1n) is 22.8. The highest BCUT2D eigenvalue weighted by atomic mass is 31.2. The fourth-order valence-electron chi connectivity index (χ4n) is 5.76. The third-order valence-corrected chi connectivity index (χ3v) is 10.3. The number of nitrogens with zero attached hydrogens (tertiary/aromatic N) is 1. The number of esters is 2. The normalized spacial score (nSPS) is 14.8. The van der Waals surface area contributed by atoms with E-state index in [-0.39, 0.29) is 26.1 Å². The summed E-state index contributed by atoms with van der Waals surface area (Å²) >= 11 is 0. The summed E-state index contributed by atoms with van der Waals surface area (Å²) in [5.41, 5.74) is 0. The quantitative estimate of drug-likeness (QED) is 0.0160. The molecule has 0 rings (SSSR count). The van der Waals surface area contributed by atoms with Gasteiger partial charge in [-0.15, -0.1) is 0 Å². The minimum Gasteiger partial charge on any atom is -0.756 e. The monoisotopic (exact) mass is 850 g/mol. The number of carbonyl (C=O) groups is 2. The van der Waals surface area contributed by atoms with Crippen molar-refractivity contribution in [1.29, 1.82) is 0 Å². The molecule has 0 bridgehead atoms. The van der Waals surface area contributed by atoms with Crippen LogP contribution >= 0.6 is 7.82 Å². The fraction of sp³-hybridized carbons (Fsp3) is 0.708. The van der Waals surface area contributed by atoms with Gasteiger partial charge in [0.2, 0.25) is 0 Å². The molecule has 3 unspecified atom stereocenters. The van der Waals surface area contributed by atoms with Crippen LogP contribution in [0.4, 0.5) is 0 Å². The summed E-state index contributed by atoms with van der Waals surface area (Å²) in [5.74, 6) is -0.982. The number of phosphoric ester groups is 1. The molecule has 0 aromatic rings. The Kier molecular flexibility index (Phi) is 37.8. The lowest BCUT2D eigenvalue weighted by atomic mass is 10.0. The lowest BCUT2D eigenvalue weighted by Crippen LogP contribution is -2.37. The van der Waals surface area contributed by atoms with Crippen molar-refractivity contribution in [3.63, 3.8) is 0 Å². The molecule has 0 aromatic carbocycles. The average Bonchev–Trinajstić information content (AvgIpc) is 3.18. The average molecular weight is 850 g/mol. The molecule has 0 radical (unpaired) electrons. The van der Waals surface area contributed by atoms with Crippen molar-refractivity contribution in [2.75, 3.05) is 47.5 Å². The number of aliphatic hydroxyl groups is 1. The number of hydrogen-bond donors (Lipinski definition) is 1. The molecule has 340 valence electrons. The van der Waals surface area contributed by atoms with E-state index < -0.39 is 38.6 Å². The Balaban J connectivity index is 4.55. The number of hydrogen-bond acceptors (Lipinski definition) is 9. The zero-order valence-corrected chi connectivity index (χ0v) is 38.7. The van der Waals surface area contributed by atoms with Crippen LogP contribution < -0.4 is 4.89 Å². The van der Waals surface area contributed by atoms with Crippen molar-refractivity contribution in [2.45, 2.75) is 174 Å². The lowest BCUT2D eigenvalue weighted by Gasteiger charge is -2.28. The van der Waals surface area contributed by atoms with Gasteiger partial charge in [-0.25, -0.2) is 0 Å². The van der Waals surface area contributed by atoms with Gasteiger partial charge < -0.3 is 33.0 Å². The predicted molar refractivity (Wildman–Crippen MR) is 242 cm³/mol. The molecule has 0 spiro atoms. The predicted octanol–water partition coefficient (Wildman–Crippen LogP) is 11.4. The lowest BCUT2D eigenvalue weighted by molar-refractivity contribution is -0.870. The summed E-state index contributed by atoms with van der Waals surface area (Å²) < 4.78 is 33.8. The Labute approximate surface area is 360 Å². The van der Waals surface area contributed by atoms with Crippen LogP contribution in [-0.4, -0.2) is 81.2 Å². The second-order valence-electron chi connectivity index (χ2n) is 16.2. The van der Waals surface area contributed by atoms with E-state index in [1.165, 1.54) is 70.6 Å². The van der Waals surface area contributed by atoms with E-state index in [0.717, 1.165) is 38.5 Å². The van der Waals surface area contributed by atoms with E-state index >= 15 is 0 Å². The Hall–Kier alpha value is -2.59. The second kappa shape index (κ2) is 39.5. The maximum Gasteiger partial charge on any atom is 0.306 e. The van der Waals surface area contributed by atoms with E-state index in [0.29, 0.717) is 36.7 Å². The molecule has 0 fully saturated rings. The van der Waals surface area contributed by atoms with E-state index in [1.807, 2.05) is 63.7 Å². The van der Waals surface area contributed by atoms with E-state index in [2.05, 4.69) is 38.2 Å². The van der Waals surface area contributed by atoms with Gasteiger partial charge in [0.25, 0.3) is 7.82 Å². The summed E-state index contributed by atoms with van der Waals surface area (Å²) in [6, 6.07) is 0. The van der Waals surface area contributed by atoms with Gasteiger partial charge in [0.05, 0.1) is 33.9 Å². The standard InChI is InChI=1S/C48H84NO9P/c1-6-8-10-12-14-16-18-19-20-21-22-24-26-31-35-39-47(51)55-43-46(44-57-59(53,54)56-42-41-49(3,4)5)58-48(52)40-36-32-28-27-30-34-38-45(50)37-33-29-25-23-17-15-13-11-9-7-2/h9,11,15,17,25,28-30,32-34,37,45-46,50H,6-8,10,12-14,16,18-24,26-27,31,35-36,38-44H2,1-5H3/b11-9-,17-15-,29-25-,32-28-,34-30-,37-33+. The summed E-state index contributed by atoms with van der Waals surface area (Å²) in [4.78, 5) is 37.5. The largest absolute Gasteiger partial charge is 0.756 e. The maximum atomic E-state index is 12.7. The van der Waals surface area contributed by atoms with Crippen molar-refractivity contribution in [1.82, 2.24) is 0 Å². The van der Waals surface area contributed by atoms with Gasteiger partial charge in [0.1, 0.15) is 19.8 Å². The number of allylic oxidation sites excluding steroid dienone is 10. The summed E-state index contributed by atoms with van der Waals surface area (Å²) in [7, 11) is 1.07. The molecule has 0 heterocycles. The number of carbonyl (C=O) groups excluding carboxylic acids is 2. The van der Waals surface area contributed by atoms with Gasteiger partial charge in [0.15, 0.2) is 6.10 Å². The minimum absolute atomic E-state index is 0.0571. The van der Waals surface area contributed by atoms with Crippen LogP contribution in [0, 0.1) is 0 Å². The Bertz CT molecular complexity index is 1250. The third-order valence-electron chi connectivity index (χ3n) is 9.33. The highest BCUT2D eigenvalue weighted by molar-refractivity contribution is 7.45. The molecule has 0 saturated carbocycles. The van der Waals surface area contributed by atoms with Crippen LogP contribution in [0.5, 0.6) is 0 Å². The molecule has 10 nitrogen and oxygen atoms in total. The van der Waals surface area contributed by atoms with E-state index in [1.54, 1.807) is 6.08 Å². The van der Waals surface area contributed by atoms with E-state index in [9.17, 15) is 24.2 Å². The van der Waals surface area contributed by atoms with Gasteiger partial charge in [-0.1, -0.05) is 177 Å². The van der Waals surface area contributed by atoms with Crippen LogP contribution in [0.3, 0.4) is 0 Å². The number of likely N-dealkylation sites (N-methyl/N-ethyl adjacent to an activating group) is 1. The van der Waals surface area contributed by atoms with Crippen LogP contribution in [0.1, 0.15) is 162 Å². The molecule has 59 heavy (non-hydrogen) atoms. The molecule has 11 heteroatoms. The second-order valence-corrected chi connectivity index (χ2v) is 17.7. The van der Waals surface area contributed by atoms with Crippen LogP contribution in [0.25, 0.3) is 0 Å². The fourth-order valence-corrected chi connectivity index (χ4v) is 6.49. The van der Waals surface area contributed by atoms with Gasteiger partial charge in [-0.05, 0) is 44.9 Å². The number of aliphatic hydroxyl groups excluding tert-OH is 1. The number of unbranched alkanes of at least 4 members (excludes halogenated alkanes) is 14. The number of ether oxygens (including phenoxy) is 2. The molecule has 0 amide bonds. The molecular weight excluding hydrogens is 766 g/mol. The summed E-state index contributed by atoms with van der Waals surface area (Å²) in [5, 5.41) is 10.1. The molecule has 0 aromatic heterocycles. The SMILES string of the molecule is CC/C=C\C/C=C\C/C=C\C=C\C(O)C/C=C\C/C=C\CCC(=O)OC(COC(=O)CCCCCCCCCCCCCCCCC)COP(=O)([O-])OCC[N+](C)(C)C. The van der Waals surface area contributed by atoms with Gasteiger partial charge in [-0.2, -0.15) is 0 Å². The zero-order valence-electron chi connectivity index (χ0n) is 37.8. The van der Waals surface area contributed by atoms with Crippen molar-refractivity contribution in [3.8, 4) is 0 Å². The highest BCUT2D eigenvalue weighted by Gasteiger charge is 2.21. The molecule has 0 aliphatic heterocycles. The smallest absolute Gasteiger partial charge is 0.306 e. The van der Waals surface area contributed by atoms with Crippen LogP contribution in [-0.2, 0) is 32.7 Å². The number of quaternary nitrogens is 1. The van der Waals surface area contributed by atoms with Crippen LogP contribution in [0.2, 0.25) is 0 Å². The van der Waals surface area contributed by atoms with Gasteiger partial charge in [-0.3, -0.25) is 14.2 Å². The molecular formula is C48H84NO9P. The maximum absolute atomic E-state index is 12.7. The number of phosphoric acid groups is 1. The van der Waals surface area contributed by atoms with Crippen molar-refractivity contribution in [3.05, 3.63) is 72.9 Å². The van der Waals surface area contributed by atoms with Crippen LogP contribution in [0.15, 0.2) is 72.9 Å². The van der Waals surface area contributed by atoms with Gasteiger partial charge >= 0.3 is 11.9 Å². The Morgan fingerprint density at radius 1 is 0.644 bits per heavy atom. The third kappa shape index (κ3) is 43.3. The first-order chi connectivity index (χ1) is 28.4. The summed E-state index contributed by atoms with van der Waals surface area (Å²) in [6.07, 6.45) is 45.3. The van der Waals surface area contributed by atoms with Crippen molar-refractivity contribution in [2.24, 2.45) is 0 Å². The Morgan fingerprint density at radius 3 is 1.78 bits per heavy atom. The Morgan fingerprint density at radius 2 is 1.19 bits per heavy atom. The van der Waals surface area contributed by atoms with Crippen molar-refractivity contribution < 1.29 is 47.2 Å². The topological polar surface area (TPSA) is 131 Å². The minimum atomic E-state index is -4.67.